The number of benzene rings is 1. The van der Waals surface area contributed by atoms with Crippen molar-refractivity contribution in [2.24, 2.45) is 7.05 Å². The largest absolute Gasteiger partial charge is 0.338 e. The minimum atomic E-state index is -0.371. The average molecular weight is 226 g/mol. The Balaban J connectivity index is 2.98. The highest BCUT2D eigenvalue weighted by atomic mass is 35.5. The number of nitrogens with zero attached hydrogens (tertiary/aromatic N) is 1. The molecule has 0 unspecified atom stereocenters. The molecule has 2 aromatic rings. The number of aryl methyl sites for hydroxylation is 1. The van der Waals surface area contributed by atoms with Gasteiger partial charge in [-0.25, -0.2) is 4.39 Å². The number of para-hydroxylation sites is 1. The van der Waals surface area contributed by atoms with Crippen LogP contribution < -0.4 is 0 Å². The van der Waals surface area contributed by atoms with Crippen LogP contribution in [-0.2, 0) is 7.05 Å². The smallest absolute Gasteiger partial charge is 0.177 e. The van der Waals surface area contributed by atoms with Crippen LogP contribution in [0.3, 0.4) is 0 Å². The normalized spacial score (nSPS) is 10.9. The van der Waals surface area contributed by atoms with E-state index in [1.807, 2.05) is 0 Å². The van der Waals surface area contributed by atoms with Gasteiger partial charge in [-0.15, -0.1) is 0 Å². The number of halogens is 2. The van der Waals surface area contributed by atoms with Crippen LogP contribution in [0.1, 0.15) is 17.4 Å². The van der Waals surface area contributed by atoms with Gasteiger partial charge in [-0.1, -0.05) is 23.7 Å². The Hall–Kier alpha value is -1.35. The SMILES string of the molecule is CC(=O)c1c(Cl)c2cccc(F)c2n1C. The Kier molecular flexibility index (Phi) is 2.27. The van der Waals surface area contributed by atoms with Crippen LogP contribution in [0.4, 0.5) is 4.39 Å². The molecule has 2 nitrogen and oxygen atoms in total. The Bertz CT molecular complexity index is 559. The van der Waals surface area contributed by atoms with Crippen LogP contribution in [0.2, 0.25) is 5.02 Å². The van der Waals surface area contributed by atoms with Crippen molar-refractivity contribution in [3.63, 3.8) is 0 Å². The number of fused-ring (bicyclic) bond motifs is 1. The summed E-state index contributed by atoms with van der Waals surface area (Å²) in [5.74, 6) is -0.539. The highest BCUT2D eigenvalue weighted by molar-refractivity contribution is 6.38. The van der Waals surface area contributed by atoms with Crippen molar-refractivity contribution < 1.29 is 9.18 Å². The quantitative estimate of drug-likeness (QED) is 0.684. The van der Waals surface area contributed by atoms with Crippen LogP contribution in [-0.4, -0.2) is 10.4 Å². The first-order valence-electron chi connectivity index (χ1n) is 4.47. The molecule has 0 bridgehead atoms. The third-order valence-electron chi connectivity index (χ3n) is 2.44. The molecule has 1 aromatic heterocycles. The maximum atomic E-state index is 13.5. The molecule has 15 heavy (non-hydrogen) atoms. The number of ketones is 1. The first-order chi connectivity index (χ1) is 7.04. The Morgan fingerprint density at radius 1 is 1.47 bits per heavy atom. The van der Waals surface area contributed by atoms with Crippen molar-refractivity contribution in [1.82, 2.24) is 4.57 Å². The van der Waals surface area contributed by atoms with Gasteiger partial charge in [0.25, 0.3) is 0 Å². The summed E-state index contributed by atoms with van der Waals surface area (Å²) in [5.41, 5.74) is 0.712. The summed E-state index contributed by atoms with van der Waals surface area (Å²) in [6, 6.07) is 4.63. The predicted molar refractivity (Wildman–Crippen MR) is 57.9 cm³/mol. The van der Waals surface area contributed by atoms with Gasteiger partial charge in [-0.3, -0.25) is 4.79 Å². The number of Topliss-reactive ketones (excluding diaryl/α,β-unsaturated/α-hetero) is 1. The van der Waals surface area contributed by atoms with Crippen molar-refractivity contribution in [3.8, 4) is 0 Å². The maximum Gasteiger partial charge on any atom is 0.177 e. The molecular weight excluding hydrogens is 217 g/mol. The lowest BCUT2D eigenvalue weighted by atomic mass is 10.2. The topological polar surface area (TPSA) is 22.0 Å². The van der Waals surface area contributed by atoms with Crippen molar-refractivity contribution in [1.29, 1.82) is 0 Å². The van der Waals surface area contributed by atoms with Gasteiger partial charge in [0.05, 0.1) is 10.5 Å². The van der Waals surface area contributed by atoms with Crippen LogP contribution >= 0.6 is 11.6 Å². The maximum absolute atomic E-state index is 13.5. The lowest BCUT2D eigenvalue weighted by molar-refractivity contribution is 0.101. The fraction of sp³-hybridized carbons (Fsp3) is 0.182. The molecule has 0 radical (unpaired) electrons. The summed E-state index contributed by atoms with van der Waals surface area (Å²) >= 11 is 6.02. The van der Waals surface area contributed by atoms with Crippen LogP contribution in [0.25, 0.3) is 10.9 Å². The van der Waals surface area contributed by atoms with E-state index in [0.29, 0.717) is 21.6 Å². The van der Waals surface area contributed by atoms with Gasteiger partial charge in [0.2, 0.25) is 0 Å². The van der Waals surface area contributed by atoms with Crippen molar-refractivity contribution in [3.05, 3.63) is 34.7 Å². The molecule has 1 heterocycles. The molecule has 0 amide bonds. The molecule has 0 atom stereocenters. The summed E-state index contributed by atoms with van der Waals surface area (Å²) in [6.45, 7) is 1.41. The molecule has 0 aliphatic carbocycles. The first kappa shape index (κ1) is 10.2. The van der Waals surface area contributed by atoms with E-state index in [0.717, 1.165) is 0 Å². The number of hydrogen-bond donors (Lipinski definition) is 0. The zero-order chi connectivity index (χ0) is 11.2. The highest BCUT2D eigenvalue weighted by Crippen LogP contribution is 2.31. The minimum absolute atomic E-state index is 0.168. The van der Waals surface area contributed by atoms with E-state index in [2.05, 4.69) is 0 Å². The molecule has 0 saturated heterocycles. The zero-order valence-electron chi connectivity index (χ0n) is 8.34. The van der Waals surface area contributed by atoms with Crippen LogP contribution in [0, 0.1) is 5.82 Å². The lowest BCUT2D eigenvalue weighted by Gasteiger charge is -2.00. The van der Waals surface area contributed by atoms with Gasteiger partial charge in [-0.05, 0) is 6.07 Å². The van der Waals surface area contributed by atoms with E-state index in [1.165, 1.54) is 17.6 Å². The highest BCUT2D eigenvalue weighted by Gasteiger charge is 2.18. The first-order valence-corrected chi connectivity index (χ1v) is 4.85. The number of aromatic nitrogens is 1. The summed E-state index contributed by atoms with van der Waals surface area (Å²) in [5, 5.41) is 0.892. The second-order valence-electron chi connectivity index (χ2n) is 3.41. The van der Waals surface area contributed by atoms with Gasteiger partial charge < -0.3 is 4.57 Å². The van der Waals surface area contributed by atoms with Gasteiger partial charge >= 0.3 is 0 Å². The van der Waals surface area contributed by atoms with E-state index in [9.17, 15) is 9.18 Å². The molecule has 0 aliphatic heterocycles. The Morgan fingerprint density at radius 3 is 2.67 bits per heavy atom. The minimum Gasteiger partial charge on any atom is -0.338 e. The molecule has 0 aliphatic rings. The Labute approximate surface area is 91.3 Å². The molecular formula is C11H9ClFNO. The van der Waals surface area contributed by atoms with Crippen LogP contribution in [0.15, 0.2) is 18.2 Å². The standard InChI is InChI=1S/C11H9ClFNO/c1-6(15)10-9(12)7-4-3-5-8(13)11(7)14(10)2/h3-5H,1-2H3. The molecule has 2 rings (SSSR count). The van der Waals surface area contributed by atoms with E-state index in [4.69, 9.17) is 11.6 Å². The number of rotatable bonds is 1. The van der Waals surface area contributed by atoms with E-state index in [1.54, 1.807) is 19.2 Å². The third kappa shape index (κ3) is 1.35. The summed E-state index contributed by atoms with van der Waals surface area (Å²) < 4.78 is 15.0. The van der Waals surface area contributed by atoms with Gasteiger partial charge in [0, 0.05) is 19.4 Å². The molecule has 0 N–H and O–H groups in total. The third-order valence-corrected chi connectivity index (χ3v) is 2.82. The summed E-state index contributed by atoms with van der Waals surface area (Å²) in [7, 11) is 1.63. The van der Waals surface area contributed by atoms with Crippen LogP contribution in [0.5, 0.6) is 0 Å². The second kappa shape index (κ2) is 3.35. The fourth-order valence-electron chi connectivity index (χ4n) is 1.81. The van der Waals surface area contributed by atoms with E-state index in [-0.39, 0.29) is 11.6 Å². The predicted octanol–water partition coefficient (Wildman–Crippen LogP) is 3.17. The number of carbonyl (C=O) groups is 1. The fourth-order valence-corrected chi connectivity index (χ4v) is 2.22. The molecule has 0 saturated carbocycles. The number of hydrogen-bond acceptors (Lipinski definition) is 1. The lowest BCUT2D eigenvalue weighted by Crippen LogP contribution is -2.02. The molecule has 0 fully saturated rings. The summed E-state index contributed by atoms with van der Waals surface area (Å²) in [4.78, 5) is 11.3. The molecule has 0 spiro atoms. The summed E-state index contributed by atoms with van der Waals surface area (Å²) in [6.07, 6.45) is 0. The van der Waals surface area contributed by atoms with E-state index >= 15 is 0 Å². The van der Waals surface area contributed by atoms with E-state index < -0.39 is 0 Å². The van der Waals surface area contributed by atoms with Crippen molar-refractivity contribution >= 4 is 28.3 Å². The Morgan fingerprint density at radius 2 is 2.13 bits per heavy atom. The van der Waals surface area contributed by atoms with Gasteiger partial charge in [0.15, 0.2) is 5.78 Å². The second-order valence-corrected chi connectivity index (χ2v) is 3.79. The van der Waals surface area contributed by atoms with Crippen molar-refractivity contribution in [2.45, 2.75) is 6.92 Å². The monoisotopic (exact) mass is 225 g/mol. The number of carbonyl (C=O) groups excluding carboxylic acids is 1. The average Bonchev–Trinajstić information content (AvgIpc) is 2.40. The molecule has 4 heteroatoms. The zero-order valence-corrected chi connectivity index (χ0v) is 9.10. The van der Waals surface area contributed by atoms with Gasteiger partial charge in [0.1, 0.15) is 11.5 Å². The molecule has 78 valence electrons. The van der Waals surface area contributed by atoms with Crippen molar-refractivity contribution in [2.75, 3.05) is 0 Å². The van der Waals surface area contributed by atoms with Gasteiger partial charge in [-0.2, -0.15) is 0 Å². The molecule has 1 aromatic carbocycles.